The number of aliphatic hydroxyl groups is 1. The van der Waals surface area contributed by atoms with Crippen molar-refractivity contribution < 1.29 is 23.1 Å². The van der Waals surface area contributed by atoms with Crippen LogP contribution in [0.15, 0.2) is 30.3 Å². The molecule has 1 amide bonds. The molecule has 0 aliphatic carbocycles. The van der Waals surface area contributed by atoms with E-state index in [1.165, 1.54) is 18.2 Å². The molecule has 0 aliphatic heterocycles. The Morgan fingerprint density at radius 1 is 1.17 bits per heavy atom. The van der Waals surface area contributed by atoms with Gasteiger partial charge >= 0.3 is 0 Å². The summed E-state index contributed by atoms with van der Waals surface area (Å²) in [7, 11) is 0. The van der Waals surface area contributed by atoms with Crippen molar-refractivity contribution in [2.75, 3.05) is 0 Å². The summed E-state index contributed by atoms with van der Waals surface area (Å²) in [6.45, 7) is 1.55. The summed E-state index contributed by atoms with van der Waals surface area (Å²) < 4.78 is 41.5. The van der Waals surface area contributed by atoms with Crippen LogP contribution < -0.4 is 5.73 Å². The Bertz CT molecular complexity index is 727. The van der Waals surface area contributed by atoms with Gasteiger partial charge in [0, 0.05) is 0 Å². The summed E-state index contributed by atoms with van der Waals surface area (Å²) in [6.07, 6.45) is -1.52. The second kappa shape index (κ2) is 6.83. The molecule has 0 spiro atoms. The molecule has 3 N–H and O–H groups in total. The molecule has 0 radical (unpaired) electrons. The normalized spacial score (nSPS) is 12.2. The second-order valence-corrected chi connectivity index (χ2v) is 5.28. The van der Waals surface area contributed by atoms with E-state index < -0.39 is 35.0 Å². The van der Waals surface area contributed by atoms with Crippen molar-refractivity contribution >= 4 is 5.91 Å². The molecule has 23 heavy (non-hydrogen) atoms. The minimum atomic E-state index is -1.42. The van der Waals surface area contributed by atoms with Crippen LogP contribution in [0, 0.1) is 24.4 Å². The number of aliphatic hydroxyl groups excluding tert-OH is 1. The van der Waals surface area contributed by atoms with Crippen LogP contribution in [0.5, 0.6) is 0 Å². The molecule has 0 bridgehead atoms. The Kier molecular flexibility index (Phi) is 5.05. The quantitative estimate of drug-likeness (QED) is 0.888. The number of primary amides is 1. The maximum absolute atomic E-state index is 14.3. The highest BCUT2D eigenvalue weighted by molar-refractivity contribution is 5.94. The van der Waals surface area contributed by atoms with Crippen molar-refractivity contribution in [3.8, 4) is 0 Å². The number of rotatable bonds is 5. The average molecular weight is 323 g/mol. The molecule has 0 saturated heterocycles. The molecular weight excluding hydrogens is 307 g/mol. The van der Waals surface area contributed by atoms with E-state index in [-0.39, 0.29) is 24.0 Å². The fraction of sp³-hybridized carbons (Fsp3) is 0.235. The van der Waals surface area contributed by atoms with E-state index >= 15 is 0 Å². The van der Waals surface area contributed by atoms with Crippen molar-refractivity contribution in [2.45, 2.75) is 25.9 Å². The summed E-state index contributed by atoms with van der Waals surface area (Å²) in [5.74, 6) is -3.37. The van der Waals surface area contributed by atoms with Crippen molar-refractivity contribution in [3.05, 3.63) is 70.0 Å². The van der Waals surface area contributed by atoms with E-state index in [1.54, 1.807) is 6.92 Å². The van der Waals surface area contributed by atoms with Gasteiger partial charge in [0.2, 0.25) is 0 Å². The second-order valence-electron chi connectivity index (χ2n) is 5.28. The summed E-state index contributed by atoms with van der Waals surface area (Å²) in [6, 6.07) is 6.27. The molecule has 3 nitrogen and oxygen atoms in total. The topological polar surface area (TPSA) is 63.3 Å². The van der Waals surface area contributed by atoms with Gasteiger partial charge in [-0.3, -0.25) is 4.79 Å². The van der Waals surface area contributed by atoms with Gasteiger partial charge in [0.25, 0.3) is 5.91 Å². The molecular formula is C17H16F3NO2. The Balaban J connectivity index is 2.21. The number of benzene rings is 2. The average Bonchev–Trinajstić information content (AvgIpc) is 2.46. The van der Waals surface area contributed by atoms with Gasteiger partial charge < -0.3 is 10.8 Å². The Morgan fingerprint density at radius 3 is 2.35 bits per heavy atom. The van der Waals surface area contributed by atoms with Crippen LogP contribution in [0.2, 0.25) is 0 Å². The summed E-state index contributed by atoms with van der Waals surface area (Å²) >= 11 is 0. The summed E-state index contributed by atoms with van der Waals surface area (Å²) in [4.78, 5) is 11.3. The van der Waals surface area contributed by atoms with Crippen LogP contribution in [0.1, 0.15) is 39.6 Å². The number of nitrogens with two attached hydrogens (primary N) is 1. The Hall–Kier alpha value is -2.34. The van der Waals surface area contributed by atoms with E-state index in [1.807, 2.05) is 0 Å². The largest absolute Gasteiger partial charge is 0.388 e. The zero-order chi connectivity index (χ0) is 17.1. The molecule has 1 atom stereocenters. The first-order valence-electron chi connectivity index (χ1n) is 7.02. The zero-order valence-electron chi connectivity index (χ0n) is 12.4. The third kappa shape index (κ3) is 3.53. The first kappa shape index (κ1) is 17.0. The van der Waals surface area contributed by atoms with Gasteiger partial charge in [0.15, 0.2) is 0 Å². The van der Waals surface area contributed by atoms with Crippen molar-refractivity contribution in [1.82, 2.24) is 0 Å². The lowest BCUT2D eigenvalue weighted by Gasteiger charge is -2.14. The summed E-state index contributed by atoms with van der Waals surface area (Å²) in [5.41, 5.74) is 5.04. The van der Waals surface area contributed by atoms with Crippen LogP contribution in [-0.2, 0) is 6.42 Å². The van der Waals surface area contributed by atoms with Crippen LogP contribution >= 0.6 is 0 Å². The van der Waals surface area contributed by atoms with Crippen molar-refractivity contribution in [3.63, 3.8) is 0 Å². The molecule has 122 valence electrons. The van der Waals surface area contributed by atoms with E-state index in [0.29, 0.717) is 5.56 Å². The Labute approximate surface area is 131 Å². The van der Waals surface area contributed by atoms with Crippen LogP contribution in [0.25, 0.3) is 0 Å². The molecule has 1 unspecified atom stereocenters. The van der Waals surface area contributed by atoms with Gasteiger partial charge in [-0.25, -0.2) is 13.2 Å². The highest BCUT2D eigenvalue weighted by atomic mass is 19.1. The molecule has 0 saturated carbocycles. The zero-order valence-corrected chi connectivity index (χ0v) is 12.4. The van der Waals surface area contributed by atoms with Crippen molar-refractivity contribution in [2.24, 2.45) is 5.73 Å². The highest BCUT2D eigenvalue weighted by Crippen LogP contribution is 2.26. The Morgan fingerprint density at radius 2 is 1.78 bits per heavy atom. The number of carbonyl (C=O) groups excluding carboxylic acids is 1. The van der Waals surface area contributed by atoms with Crippen LogP contribution in [-0.4, -0.2) is 11.0 Å². The van der Waals surface area contributed by atoms with Gasteiger partial charge in [0.05, 0.1) is 17.2 Å². The first-order valence-corrected chi connectivity index (χ1v) is 7.02. The minimum absolute atomic E-state index is 0.00132. The molecule has 0 fully saturated rings. The molecule has 6 heteroatoms. The van der Waals surface area contributed by atoms with Crippen LogP contribution in [0.4, 0.5) is 13.2 Å². The number of hydrogen-bond donors (Lipinski definition) is 2. The van der Waals surface area contributed by atoms with Gasteiger partial charge in [-0.05, 0) is 43.0 Å². The molecule has 2 aromatic carbocycles. The van der Waals surface area contributed by atoms with Crippen LogP contribution in [0.3, 0.4) is 0 Å². The smallest absolute Gasteiger partial charge is 0.251 e. The van der Waals surface area contributed by atoms with Gasteiger partial charge in [-0.1, -0.05) is 18.2 Å². The molecule has 0 aliphatic rings. The van der Waals surface area contributed by atoms with E-state index in [9.17, 15) is 23.1 Å². The third-order valence-electron chi connectivity index (χ3n) is 3.70. The number of carbonyl (C=O) groups is 1. The highest BCUT2D eigenvalue weighted by Gasteiger charge is 2.20. The SMILES string of the molecule is Cc1ccc(CCC(O)c2c(F)cccc2F)c(F)c1C(N)=O. The lowest BCUT2D eigenvalue weighted by Crippen LogP contribution is -2.16. The number of halogens is 3. The fourth-order valence-corrected chi connectivity index (χ4v) is 2.48. The number of aryl methyl sites for hydroxylation is 2. The predicted octanol–water partition coefficient (Wildman–Crippen LogP) is 3.18. The van der Waals surface area contributed by atoms with E-state index in [0.717, 1.165) is 12.1 Å². The molecule has 0 heterocycles. The molecule has 2 rings (SSSR count). The summed E-state index contributed by atoms with van der Waals surface area (Å²) in [5, 5.41) is 9.97. The monoisotopic (exact) mass is 323 g/mol. The maximum atomic E-state index is 14.3. The minimum Gasteiger partial charge on any atom is -0.388 e. The van der Waals surface area contributed by atoms with E-state index in [2.05, 4.69) is 0 Å². The van der Waals surface area contributed by atoms with Gasteiger partial charge in [-0.15, -0.1) is 0 Å². The van der Waals surface area contributed by atoms with Crippen molar-refractivity contribution in [1.29, 1.82) is 0 Å². The predicted molar refractivity (Wildman–Crippen MR) is 79.3 cm³/mol. The fourth-order valence-electron chi connectivity index (χ4n) is 2.48. The standard InChI is InChI=1S/C17H16F3NO2/c1-9-5-6-10(16(20)14(9)17(21)23)7-8-13(22)15-11(18)3-2-4-12(15)19/h2-6,13,22H,7-8H2,1H3,(H2,21,23). The maximum Gasteiger partial charge on any atom is 0.251 e. The molecule has 2 aromatic rings. The van der Waals surface area contributed by atoms with Gasteiger partial charge in [-0.2, -0.15) is 0 Å². The third-order valence-corrected chi connectivity index (χ3v) is 3.70. The van der Waals surface area contributed by atoms with E-state index in [4.69, 9.17) is 5.73 Å². The lowest BCUT2D eigenvalue weighted by molar-refractivity contribution is 0.0995. The molecule has 0 aromatic heterocycles. The number of amides is 1. The lowest BCUT2D eigenvalue weighted by atomic mass is 9.97. The number of hydrogen-bond acceptors (Lipinski definition) is 2. The first-order chi connectivity index (χ1) is 10.8. The van der Waals surface area contributed by atoms with Gasteiger partial charge in [0.1, 0.15) is 17.5 Å².